The van der Waals surface area contributed by atoms with Crippen molar-refractivity contribution in [3.05, 3.63) is 55.3 Å². The third-order valence-electron chi connectivity index (χ3n) is 3.92. The van der Waals surface area contributed by atoms with Crippen LogP contribution in [0.1, 0.15) is 53.4 Å². The maximum atomic E-state index is 5.38. The van der Waals surface area contributed by atoms with Gasteiger partial charge in [-0.1, -0.05) is 33.6 Å². The minimum atomic E-state index is 0. The standard InChI is InChI=1S/C11H13.C8H12.Rh/c1-6-11-9(4)7(2)8(3)10(11)5;1-2-4-6-8-7-5-3-1;/h1H,2-5H3;1-2,7-8H,3-6H2;. The van der Waals surface area contributed by atoms with Crippen LogP contribution in [0.2, 0.25) is 0 Å². The van der Waals surface area contributed by atoms with Crippen molar-refractivity contribution in [1.29, 1.82) is 0 Å². The van der Waals surface area contributed by atoms with E-state index < -0.39 is 0 Å². The Labute approximate surface area is 140 Å². The topological polar surface area (TPSA) is 0 Å². The molecule has 2 saturated carbocycles. The summed E-state index contributed by atoms with van der Waals surface area (Å²) in [6, 6.07) is 0. The minimum Gasteiger partial charge on any atom is -0.119 e. The van der Waals surface area contributed by atoms with Gasteiger partial charge in [0.1, 0.15) is 0 Å². The molecule has 0 aromatic heterocycles. The van der Waals surface area contributed by atoms with E-state index in [1.807, 2.05) is 0 Å². The fourth-order valence-electron chi connectivity index (χ4n) is 2.29. The van der Waals surface area contributed by atoms with Crippen molar-refractivity contribution in [2.45, 2.75) is 53.4 Å². The van der Waals surface area contributed by atoms with Crippen LogP contribution in [0.5, 0.6) is 0 Å². The Hall–Kier alpha value is 0.183. The van der Waals surface area contributed by atoms with Crippen molar-refractivity contribution < 1.29 is 19.5 Å². The van der Waals surface area contributed by atoms with Gasteiger partial charge in [-0.3, -0.25) is 0 Å². The number of terminal acetylenes is 1. The second-order valence-electron chi connectivity index (χ2n) is 5.12. The maximum Gasteiger partial charge on any atom is 0.0618 e. The summed E-state index contributed by atoms with van der Waals surface area (Å²) >= 11 is 0. The summed E-state index contributed by atoms with van der Waals surface area (Å²) in [6.45, 7) is 8.42. The molecule has 0 saturated heterocycles. The molecule has 2 aliphatic carbocycles. The average Bonchev–Trinajstić information content (AvgIpc) is 2.54. The van der Waals surface area contributed by atoms with Gasteiger partial charge in [0.15, 0.2) is 0 Å². The monoisotopic (exact) mass is 356 g/mol. The Morgan fingerprint density at radius 2 is 1.00 bits per heavy atom. The van der Waals surface area contributed by atoms with Crippen molar-refractivity contribution in [2.75, 3.05) is 0 Å². The molecule has 2 rings (SSSR count). The molecule has 0 heterocycles. The maximum absolute atomic E-state index is 5.38. The molecule has 0 N–H and O–H groups in total. The van der Waals surface area contributed by atoms with Crippen LogP contribution in [0, 0.1) is 67.6 Å². The van der Waals surface area contributed by atoms with Crippen LogP contribution in [0.4, 0.5) is 0 Å². The molecule has 0 bridgehead atoms. The van der Waals surface area contributed by atoms with Gasteiger partial charge in [0, 0.05) is 31.3 Å². The second kappa shape index (κ2) is 10.8. The zero-order valence-electron chi connectivity index (χ0n) is 13.0. The van der Waals surface area contributed by atoms with Crippen LogP contribution in [-0.2, 0) is 19.5 Å². The van der Waals surface area contributed by atoms with Gasteiger partial charge in [-0.05, 0) is 63.2 Å². The van der Waals surface area contributed by atoms with Crippen LogP contribution in [0.3, 0.4) is 0 Å². The summed E-state index contributed by atoms with van der Waals surface area (Å²) in [5.74, 6) is 9.03. The molecule has 0 nitrogen and oxygen atoms in total. The van der Waals surface area contributed by atoms with E-state index in [9.17, 15) is 0 Å². The summed E-state index contributed by atoms with van der Waals surface area (Å²) in [7, 11) is 0. The molecule has 2 aliphatic rings. The zero-order chi connectivity index (χ0) is 14.3. The molecular formula is C19H25Rh. The van der Waals surface area contributed by atoms with Gasteiger partial charge in [-0.15, -0.1) is 6.42 Å². The van der Waals surface area contributed by atoms with Crippen molar-refractivity contribution in [3.8, 4) is 12.3 Å². The van der Waals surface area contributed by atoms with Gasteiger partial charge in [-0.2, -0.15) is 0 Å². The number of hydrogen-bond acceptors (Lipinski definition) is 0. The van der Waals surface area contributed by atoms with Gasteiger partial charge in [0.2, 0.25) is 0 Å². The molecule has 0 atom stereocenters. The molecule has 1 heteroatoms. The second-order valence-corrected chi connectivity index (χ2v) is 5.12. The Morgan fingerprint density at radius 1 is 0.700 bits per heavy atom. The Balaban J connectivity index is 0.000000359. The van der Waals surface area contributed by atoms with E-state index in [1.165, 1.54) is 49.4 Å². The van der Waals surface area contributed by atoms with E-state index in [0.29, 0.717) is 0 Å². The SMILES string of the molecule is C#C[C]1[C](C)[C](C)[C](C)[C]1C.[CH]1[CH]CC[CH][CH]CC1.[Rh]. The molecule has 0 aliphatic heterocycles. The molecule has 0 amide bonds. The van der Waals surface area contributed by atoms with E-state index in [4.69, 9.17) is 6.42 Å². The van der Waals surface area contributed by atoms with E-state index in [0.717, 1.165) is 5.92 Å². The molecule has 0 aromatic rings. The number of hydrogen-bond donors (Lipinski definition) is 0. The first-order valence-corrected chi connectivity index (χ1v) is 7.09. The smallest absolute Gasteiger partial charge is 0.0618 e. The first-order valence-electron chi connectivity index (χ1n) is 7.09. The predicted octanol–water partition coefficient (Wildman–Crippen LogP) is 4.96. The first kappa shape index (κ1) is 20.2. The Kier molecular flexibility index (Phi) is 10.9. The fraction of sp³-hybridized carbons (Fsp3) is 0.421. The number of rotatable bonds is 0. The summed E-state index contributed by atoms with van der Waals surface area (Å²) in [5, 5.41) is 0. The van der Waals surface area contributed by atoms with Crippen LogP contribution in [-0.4, -0.2) is 0 Å². The van der Waals surface area contributed by atoms with Gasteiger partial charge >= 0.3 is 0 Å². The van der Waals surface area contributed by atoms with Crippen LogP contribution in [0.25, 0.3) is 0 Å². The van der Waals surface area contributed by atoms with Crippen molar-refractivity contribution in [3.63, 3.8) is 0 Å². The Morgan fingerprint density at radius 3 is 1.20 bits per heavy atom. The van der Waals surface area contributed by atoms with Crippen molar-refractivity contribution in [1.82, 2.24) is 0 Å². The molecule has 0 spiro atoms. The van der Waals surface area contributed by atoms with E-state index in [2.05, 4.69) is 59.3 Å². The summed E-state index contributed by atoms with van der Waals surface area (Å²) in [6.07, 6.45) is 19.4. The largest absolute Gasteiger partial charge is 0.119 e. The summed E-state index contributed by atoms with van der Waals surface area (Å²) in [5.41, 5.74) is 0. The van der Waals surface area contributed by atoms with Crippen LogP contribution < -0.4 is 0 Å². The van der Waals surface area contributed by atoms with Crippen molar-refractivity contribution in [2.24, 2.45) is 0 Å². The van der Waals surface area contributed by atoms with E-state index >= 15 is 0 Å². The average molecular weight is 356 g/mol. The fourth-order valence-corrected chi connectivity index (χ4v) is 2.29. The van der Waals surface area contributed by atoms with E-state index in [-0.39, 0.29) is 19.5 Å². The molecule has 110 valence electrons. The van der Waals surface area contributed by atoms with Crippen LogP contribution in [0.15, 0.2) is 0 Å². The summed E-state index contributed by atoms with van der Waals surface area (Å²) in [4.78, 5) is 0. The summed E-state index contributed by atoms with van der Waals surface area (Å²) < 4.78 is 0. The quantitative estimate of drug-likeness (QED) is 0.425. The van der Waals surface area contributed by atoms with Crippen LogP contribution >= 0.6 is 0 Å². The Bertz CT molecular complexity index is 240. The van der Waals surface area contributed by atoms with Gasteiger partial charge in [0.05, 0.1) is 5.92 Å². The molecule has 2 fully saturated rings. The zero-order valence-corrected chi connectivity index (χ0v) is 14.7. The predicted molar refractivity (Wildman–Crippen MR) is 83.4 cm³/mol. The normalized spacial score (nSPS) is 23.9. The van der Waals surface area contributed by atoms with Gasteiger partial charge in [0.25, 0.3) is 0 Å². The van der Waals surface area contributed by atoms with Crippen molar-refractivity contribution >= 4 is 0 Å². The van der Waals surface area contributed by atoms with Gasteiger partial charge in [-0.25, -0.2) is 0 Å². The molecule has 10 radical (unpaired) electrons. The third-order valence-corrected chi connectivity index (χ3v) is 3.92. The molecular weight excluding hydrogens is 331 g/mol. The van der Waals surface area contributed by atoms with Gasteiger partial charge < -0.3 is 0 Å². The first-order chi connectivity index (χ1) is 9.09. The molecule has 0 aromatic carbocycles. The molecule has 0 unspecified atom stereocenters. The third kappa shape index (κ3) is 5.89. The molecule has 20 heavy (non-hydrogen) atoms. The minimum absolute atomic E-state index is 0. The van der Waals surface area contributed by atoms with E-state index in [1.54, 1.807) is 0 Å².